The van der Waals surface area contributed by atoms with Crippen molar-refractivity contribution >= 4 is 27.9 Å². The lowest BCUT2D eigenvalue weighted by Gasteiger charge is -2.30. The van der Waals surface area contributed by atoms with Crippen LogP contribution >= 0.6 is 11.3 Å². The summed E-state index contributed by atoms with van der Waals surface area (Å²) >= 11 is 1.64. The quantitative estimate of drug-likeness (QED) is 0.747. The van der Waals surface area contributed by atoms with Gasteiger partial charge in [0, 0.05) is 39.7 Å². The van der Waals surface area contributed by atoms with E-state index in [-0.39, 0.29) is 5.75 Å². The lowest BCUT2D eigenvalue weighted by molar-refractivity contribution is 0.261. The fourth-order valence-corrected chi connectivity index (χ4v) is 4.31. The van der Waals surface area contributed by atoms with Crippen LogP contribution in [0.5, 0.6) is 5.75 Å². The van der Waals surface area contributed by atoms with Crippen molar-refractivity contribution in [3.8, 4) is 17.0 Å². The van der Waals surface area contributed by atoms with Crippen molar-refractivity contribution in [3.63, 3.8) is 0 Å². The topological polar surface area (TPSA) is 61.3 Å². The summed E-state index contributed by atoms with van der Waals surface area (Å²) in [6.07, 6.45) is 2.35. The summed E-state index contributed by atoms with van der Waals surface area (Å²) in [6.45, 7) is 4.14. The van der Waals surface area contributed by atoms with Gasteiger partial charge in [-0.2, -0.15) is 11.3 Å². The minimum Gasteiger partial charge on any atom is -0.507 e. The molecule has 25 heavy (non-hydrogen) atoms. The highest BCUT2D eigenvalue weighted by Gasteiger charge is 2.20. The predicted octanol–water partition coefficient (Wildman–Crippen LogP) is 3.88. The number of piperidine rings is 1. The van der Waals surface area contributed by atoms with Gasteiger partial charge < -0.3 is 15.3 Å². The monoisotopic (exact) mass is 354 g/mol. The van der Waals surface area contributed by atoms with Crippen molar-refractivity contribution in [2.24, 2.45) is 0 Å². The van der Waals surface area contributed by atoms with E-state index in [0.717, 1.165) is 52.9 Å². The molecule has 1 atom stereocenters. The Kier molecular flexibility index (Phi) is 4.31. The number of benzene rings is 1. The van der Waals surface area contributed by atoms with E-state index in [4.69, 9.17) is 0 Å². The third-order valence-corrected chi connectivity index (χ3v) is 5.54. The van der Waals surface area contributed by atoms with Crippen molar-refractivity contribution in [1.82, 2.24) is 15.1 Å². The molecule has 1 aliphatic heterocycles. The summed E-state index contributed by atoms with van der Waals surface area (Å²) in [5.41, 5.74) is 2.49. The van der Waals surface area contributed by atoms with E-state index in [1.54, 1.807) is 17.4 Å². The van der Waals surface area contributed by atoms with E-state index in [0.29, 0.717) is 6.04 Å². The normalized spacial score (nSPS) is 18.6. The highest BCUT2D eigenvalue weighted by atomic mass is 32.1. The molecule has 1 aromatic carbocycles. The Hall–Kier alpha value is -2.18. The van der Waals surface area contributed by atoms with Gasteiger partial charge in [-0.3, -0.25) is 0 Å². The average Bonchev–Trinajstić information content (AvgIpc) is 3.06. The van der Waals surface area contributed by atoms with E-state index in [1.807, 2.05) is 19.1 Å². The molecule has 2 aromatic heterocycles. The van der Waals surface area contributed by atoms with Crippen LogP contribution in [0.2, 0.25) is 0 Å². The van der Waals surface area contributed by atoms with Crippen LogP contribution in [0.15, 0.2) is 29.0 Å². The number of rotatable bonds is 3. The summed E-state index contributed by atoms with van der Waals surface area (Å²) in [6, 6.07) is 6.06. The second-order valence-electron chi connectivity index (χ2n) is 6.86. The SMILES string of the molecule is Cc1ccc(-c2nnc(N[C@@H]3CCCN(C)C3)c3cscc23)c(O)c1. The minimum absolute atomic E-state index is 0.247. The summed E-state index contributed by atoms with van der Waals surface area (Å²) in [7, 11) is 2.16. The number of fused-ring (bicyclic) bond motifs is 1. The lowest BCUT2D eigenvalue weighted by Crippen LogP contribution is -2.39. The van der Waals surface area contributed by atoms with Gasteiger partial charge in [0.1, 0.15) is 11.4 Å². The third kappa shape index (κ3) is 3.19. The number of likely N-dealkylation sites (N-methyl/N-ethyl adjacent to an activating group) is 1. The van der Waals surface area contributed by atoms with E-state index in [1.165, 1.54) is 6.42 Å². The summed E-state index contributed by atoms with van der Waals surface area (Å²) < 4.78 is 0. The van der Waals surface area contributed by atoms with Crippen molar-refractivity contribution < 1.29 is 5.11 Å². The zero-order chi connectivity index (χ0) is 17.4. The van der Waals surface area contributed by atoms with E-state index in [2.05, 4.69) is 38.2 Å². The van der Waals surface area contributed by atoms with Gasteiger partial charge in [0.2, 0.25) is 0 Å². The molecule has 4 rings (SSSR count). The molecule has 0 saturated carbocycles. The number of nitrogens with zero attached hydrogens (tertiary/aromatic N) is 3. The Bertz CT molecular complexity index is 908. The second-order valence-corrected chi connectivity index (χ2v) is 7.61. The number of anilines is 1. The van der Waals surface area contributed by atoms with Crippen molar-refractivity contribution in [2.75, 3.05) is 25.5 Å². The van der Waals surface area contributed by atoms with Crippen LogP contribution in [0, 0.1) is 6.92 Å². The van der Waals surface area contributed by atoms with Crippen LogP contribution in [0.3, 0.4) is 0 Å². The molecule has 3 heterocycles. The molecular weight excluding hydrogens is 332 g/mol. The van der Waals surface area contributed by atoms with Crippen LogP contribution in [-0.4, -0.2) is 46.4 Å². The number of phenols is 1. The third-order valence-electron chi connectivity index (χ3n) is 4.80. The number of phenolic OH excluding ortho intramolecular Hbond substituents is 1. The maximum atomic E-state index is 10.3. The summed E-state index contributed by atoms with van der Waals surface area (Å²) in [5, 5.41) is 29.1. The lowest BCUT2D eigenvalue weighted by atomic mass is 10.0. The number of nitrogens with one attached hydrogen (secondary N) is 1. The van der Waals surface area contributed by atoms with Crippen molar-refractivity contribution in [2.45, 2.75) is 25.8 Å². The Morgan fingerprint density at radius 2 is 2.08 bits per heavy atom. The fraction of sp³-hybridized carbons (Fsp3) is 0.368. The number of thiophene rings is 1. The van der Waals surface area contributed by atoms with Gasteiger partial charge >= 0.3 is 0 Å². The summed E-state index contributed by atoms with van der Waals surface area (Å²) in [5.74, 6) is 1.09. The van der Waals surface area contributed by atoms with Crippen molar-refractivity contribution in [1.29, 1.82) is 0 Å². The van der Waals surface area contributed by atoms with Gasteiger partial charge in [0.15, 0.2) is 5.82 Å². The minimum atomic E-state index is 0.247. The Balaban J connectivity index is 1.71. The summed E-state index contributed by atoms with van der Waals surface area (Å²) in [4.78, 5) is 2.35. The Morgan fingerprint density at radius 1 is 1.24 bits per heavy atom. The largest absolute Gasteiger partial charge is 0.507 e. The maximum absolute atomic E-state index is 10.3. The number of aryl methyl sites for hydroxylation is 1. The predicted molar refractivity (Wildman–Crippen MR) is 103 cm³/mol. The van der Waals surface area contributed by atoms with Gasteiger partial charge in [-0.1, -0.05) is 6.07 Å². The van der Waals surface area contributed by atoms with Crippen LogP contribution in [-0.2, 0) is 0 Å². The number of hydrogen-bond acceptors (Lipinski definition) is 6. The molecule has 6 heteroatoms. The second kappa shape index (κ2) is 6.61. The first kappa shape index (κ1) is 16.3. The molecule has 3 aromatic rings. The number of aromatic hydroxyl groups is 1. The molecule has 1 fully saturated rings. The molecule has 0 spiro atoms. The molecular formula is C19H22N4OS. The van der Waals surface area contributed by atoms with E-state index >= 15 is 0 Å². The highest BCUT2D eigenvalue weighted by Crippen LogP contribution is 2.36. The first-order valence-electron chi connectivity index (χ1n) is 8.59. The standard InChI is InChI=1S/C19H22N4OS/c1-12-5-6-14(17(24)8-12)18-15-10-25-11-16(15)19(22-21-18)20-13-4-3-7-23(2)9-13/h5-6,8,10-11,13,24H,3-4,7,9H2,1-2H3,(H,20,22)/t13-/m1/s1. The van der Waals surface area contributed by atoms with Crippen LogP contribution in [0.4, 0.5) is 5.82 Å². The Morgan fingerprint density at radius 3 is 2.88 bits per heavy atom. The average molecular weight is 354 g/mol. The molecule has 2 N–H and O–H groups in total. The first-order valence-corrected chi connectivity index (χ1v) is 9.54. The van der Waals surface area contributed by atoms with Crippen molar-refractivity contribution in [3.05, 3.63) is 34.5 Å². The van der Waals surface area contributed by atoms with E-state index < -0.39 is 0 Å². The van der Waals surface area contributed by atoms with Gasteiger partial charge in [0.05, 0.1) is 0 Å². The van der Waals surface area contributed by atoms with Gasteiger partial charge in [-0.25, -0.2) is 0 Å². The molecule has 1 saturated heterocycles. The van der Waals surface area contributed by atoms with Crippen LogP contribution in [0.1, 0.15) is 18.4 Å². The molecule has 1 aliphatic rings. The maximum Gasteiger partial charge on any atom is 0.157 e. The molecule has 0 amide bonds. The molecule has 130 valence electrons. The van der Waals surface area contributed by atoms with Gasteiger partial charge in [0.25, 0.3) is 0 Å². The van der Waals surface area contributed by atoms with E-state index in [9.17, 15) is 5.11 Å². The van der Waals surface area contributed by atoms with Crippen LogP contribution < -0.4 is 5.32 Å². The molecule has 0 bridgehead atoms. The first-order chi connectivity index (χ1) is 12.1. The fourth-order valence-electron chi connectivity index (χ4n) is 3.50. The van der Waals surface area contributed by atoms with Gasteiger partial charge in [-0.15, -0.1) is 10.2 Å². The molecule has 0 aliphatic carbocycles. The van der Waals surface area contributed by atoms with Gasteiger partial charge in [-0.05, 0) is 51.1 Å². The molecule has 5 nitrogen and oxygen atoms in total. The highest BCUT2D eigenvalue weighted by molar-refractivity contribution is 7.09. The zero-order valence-corrected chi connectivity index (χ0v) is 15.3. The smallest absolute Gasteiger partial charge is 0.157 e. The molecule has 0 unspecified atom stereocenters. The number of likely N-dealkylation sites (tertiary alicyclic amines) is 1. The zero-order valence-electron chi connectivity index (χ0n) is 14.5. The Labute approximate surface area is 151 Å². The van der Waals surface area contributed by atoms with Crippen LogP contribution in [0.25, 0.3) is 22.0 Å². The number of aromatic nitrogens is 2. The molecule has 0 radical (unpaired) electrons. The number of hydrogen-bond donors (Lipinski definition) is 2.